The van der Waals surface area contributed by atoms with Gasteiger partial charge in [0.2, 0.25) is 0 Å². The predicted molar refractivity (Wildman–Crippen MR) is 79.9 cm³/mol. The van der Waals surface area contributed by atoms with Gasteiger partial charge in [0.25, 0.3) is 10.1 Å². The van der Waals surface area contributed by atoms with Crippen molar-refractivity contribution >= 4 is 37.8 Å². The topological polar surface area (TPSA) is 81.7 Å². The van der Waals surface area contributed by atoms with Gasteiger partial charge in [0.1, 0.15) is 5.60 Å². The normalized spacial score (nSPS) is 12.2. The Balaban J connectivity index is 3.39. The molecule has 0 rings (SSSR count). The fourth-order valence-electron chi connectivity index (χ4n) is 0.846. The summed E-state index contributed by atoms with van der Waals surface area (Å²) in [5.74, 6) is 1.28. The molecule has 6 nitrogen and oxygen atoms in total. The standard InChI is InChI=1S/C10H21NO5S3/c1-10(2,3)16-9(12)11-5-7-17-18-8-6-15-19(4,13)14/h5-8H2,1-4H3,(H,11,12). The van der Waals surface area contributed by atoms with Crippen molar-refractivity contribution in [3.63, 3.8) is 0 Å². The number of ether oxygens (including phenoxy) is 1. The van der Waals surface area contributed by atoms with E-state index in [2.05, 4.69) is 9.50 Å². The van der Waals surface area contributed by atoms with E-state index in [0.29, 0.717) is 18.1 Å². The van der Waals surface area contributed by atoms with Crippen molar-refractivity contribution in [1.82, 2.24) is 5.32 Å². The van der Waals surface area contributed by atoms with Gasteiger partial charge in [-0.25, -0.2) is 4.79 Å². The first-order valence-corrected chi connectivity index (χ1v) is 9.96. The molecule has 0 aromatic carbocycles. The van der Waals surface area contributed by atoms with Crippen LogP contribution in [0.1, 0.15) is 20.8 Å². The number of amides is 1. The van der Waals surface area contributed by atoms with Gasteiger partial charge in [0.15, 0.2) is 0 Å². The minimum atomic E-state index is -3.35. The van der Waals surface area contributed by atoms with Crippen molar-refractivity contribution in [2.75, 3.05) is 30.9 Å². The Hall–Kier alpha value is -0.120. The van der Waals surface area contributed by atoms with Crippen LogP contribution in [-0.2, 0) is 19.0 Å². The van der Waals surface area contributed by atoms with E-state index < -0.39 is 21.8 Å². The molecule has 0 aromatic heterocycles. The Morgan fingerprint density at radius 2 is 1.79 bits per heavy atom. The van der Waals surface area contributed by atoms with Crippen LogP contribution in [0.15, 0.2) is 0 Å². The molecule has 0 aliphatic carbocycles. The first-order chi connectivity index (χ1) is 8.60. The summed E-state index contributed by atoms with van der Waals surface area (Å²) >= 11 is 0. The molecule has 0 atom stereocenters. The number of rotatable bonds is 8. The molecule has 0 aliphatic rings. The largest absolute Gasteiger partial charge is 0.444 e. The highest BCUT2D eigenvalue weighted by Crippen LogP contribution is 2.20. The summed E-state index contributed by atoms with van der Waals surface area (Å²) in [6, 6.07) is 0. The van der Waals surface area contributed by atoms with E-state index in [0.717, 1.165) is 6.26 Å². The fourth-order valence-corrected chi connectivity index (χ4v) is 3.07. The molecular formula is C10H21NO5S3. The second-order valence-electron chi connectivity index (χ2n) is 4.60. The Bertz CT molecular complexity index is 364. The quantitative estimate of drug-likeness (QED) is 0.413. The van der Waals surface area contributed by atoms with Gasteiger partial charge >= 0.3 is 6.09 Å². The van der Waals surface area contributed by atoms with Crippen molar-refractivity contribution in [3.8, 4) is 0 Å². The molecule has 0 radical (unpaired) electrons. The second kappa shape index (κ2) is 8.93. The predicted octanol–water partition coefficient (Wildman–Crippen LogP) is 1.87. The van der Waals surface area contributed by atoms with Crippen LogP contribution in [0.5, 0.6) is 0 Å². The van der Waals surface area contributed by atoms with Crippen molar-refractivity contribution in [3.05, 3.63) is 0 Å². The van der Waals surface area contributed by atoms with Crippen LogP contribution in [0.25, 0.3) is 0 Å². The summed E-state index contributed by atoms with van der Waals surface area (Å²) in [6.07, 6.45) is 0.591. The molecule has 1 N–H and O–H groups in total. The van der Waals surface area contributed by atoms with Gasteiger partial charge in [-0.2, -0.15) is 8.42 Å². The molecule has 19 heavy (non-hydrogen) atoms. The lowest BCUT2D eigenvalue weighted by molar-refractivity contribution is 0.0531. The zero-order valence-electron chi connectivity index (χ0n) is 11.6. The fraction of sp³-hybridized carbons (Fsp3) is 0.900. The minimum Gasteiger partial charge on any atom is -0.444 e. The Kier molecular flexibility index (Phi) is 8.88. The number of alkyl carbamates (subject to hydrolysis) is 1. The maximum absolute atomic E-state index is 11.3. The van der Waals surface area contributed by atoms with Gasteiger partial charge in [0, 0.05) is 18.1 Å². The van der Waals surface area contributed by atoms with Gasteiger partial charge in [-0.15, -0.1) is 0 Å². The Labute approximate surface area is 122 Å². The molecular weight excluding hydrogens is 310 g/mol. The molecule has 0 saturated heterocycles. The van der Waals surface area contributed by atoms with E-state index in [9.17, 15) is 13.2 Å². The van der Waals surface area contributed by atoms with Crippen molar-refractivity contribution in [2.45, 2.75) is 26.4 Å². The summed E-state index contributed by atoms with van der Waals surface area (Å²) in [4.78, 5) is 11.3. The van der Waals surface area contributed by atoms with Gasteiger partial charge in [-0.1, -0.05) is 21.6 Å². The summed E-state index contributed by atoms with van der Waals surface area (Å²) < 4.78 is 31.0. The molecule has 0 heterocycles. The van der Waals surface area contributed by atoms with Gasteiger partial charge < -0.3 is 10.1 Å². The summed E-state index contributed by atoms with van der Waals surface area (Å²) in [5.41, 5.74) is -0.491. The van der Waals surface area contributed by atoms with Crippen LogP contribution in [-0.4, -0.2) is 51.0 Å². The third-order valence-corrected chi connectivity index (χ3v) is 4.37. The number of carbonyl (C=O) groups is 1. The number of hydrogen-bond donors (Lipinski definition) is 1. The lowest BCUT2D eigenvalue weighted by Gasteiger charge is -2.19. The van der Waals surface area contributed by atoms with Crippen LogP contribution in [0.3, 0.4) is 0 Å². The maximum Gasteiger partial charge on any atom is 0.407 e. The zero-order chi connectivity index (χ0) is 14.9. The Morgan fingerprint density at radius 3 is 2.32 bits per heavy atom. The van der Waals surface area contributed by atoms with Crippen LogP contribution in [0, 0.1) is 0 Å². The highest BCUT2D eigenvalue weighted by Gasteiger charge is 2.15. The molecule has 0 bridgehead atoms. The van der Waals surface area contributed by atoms with Gasteiger partial charge in [0.05, 0.1) is 12.9 Å². The lowest BCUT2D eigenvalue weighted by Crippen LogP contribution is -2.33. The molecule has 0 unspecified atom stereocenters. The number of carbonyl (C=O) groups excluding carboxylic acids is 1. The van der Waals surface area contributed by atoms with Gasteiger partial charge in [-0.05, 0) is 20.8 Å². The molecule has 0 saturated carbocycles. The van der Waals surface area contributed by atoms with E-state index >= 15 is 0 Å². The number of hydrogen-bond acceptors (Lipinski definition) is 7. The monoisotopic (exact) mass is 331 g/mol. The van der Waals surface area contributed by atoms with Crippen LogP contribution in [0.4, 0.5) is 4.79 Å². The second-order valence-corrected chi connectivity index (χ2v) is 8.94. The third-order valence-electron chi connectivity index (χ3n) is 1.40. The average molecular weight is 331 g/mol. The zero-order valence-corrected chi connectivity index (χ0v) is 14.0. The van der Waals surface area contributed by atoms with Crippen LogP contribution < -0.4 is 5.32 Å². The first kappa shape index (κ1) is 18.9. The van der Waals surface area contributed by atoms with Crippen molar-refractivity contribution in [2.24, 2.45) is 0 Å². The van der Waals surface area contributed by atoms with Crippen LogP contribution >= 0.6 is 21.6 Å². The highest BCUT2D eigenvalue weighted by atomic mass is 33.1. The maximum atomic E-state index is 11.3. The first-order valence-electron chi connectivity index (χ1n) is 5.66. The smallest absolute Gasteiger partial charge is 0.407 e. The average Bonchev–Trinajstić information content (AvgIpc) is 2.17. The Morgan fingerprint density at radius 1 is 1.21 bits per heavy atom. The highest BCUT2D eigenvalue weighted by molar-refractivity contribution is 8.76. The van der Waals surface area contributed by atoms with Gasteiger partial charge in [-0.3, -0.25) is 4.18 Å². The van der Waals surface area contributed by atoms with E-state index in [4.69, 9.17) is 4.74 Å². The summed E-state index contributed by atoms with van der Waals surface area (Å²) in [7, 11) is -0.317. The third kappa shape index (κ3) is 15.8. The van der Waals surface area contributed by atoms with E-state index in [-0.39, 0.29) is 6.61 Å². The van der Waals surface area contributed by atoms with E-state index in [1.165, 1.54) is 21.6 Å². The van der Waals surface area contributed by atoms with Crippen LogP contribution in [0.2, 0.25) is 0 Å². The summed E-state index contributed by atoms with van der Waals surface area (Å²) in [6.45, 7) is 6.08. The number of nitrogens with one attached hydrogen (secondary N) is 1. The lowest BCUT2D eigenvalue weighted by atomic mass is 10.2. The minimum absolute atomic E-state index is 0.163. The van der Waals surface area contributed by atoms with Crippen molar-refractivity contribution in [1.29, 1.82) is 0 Å². The molecule has 1 amide bonds. The molecule has 9 heteroatoms. The molecule has 0 aliphatic heterocycles. The molecule has 0 aromatic rings. The van der Waals surface area contributed by atoms with Crippen molar-refractivity contribution < 1.29 is 22.1 Å². The SMILES string of the molecule is CC(C)(C)OC(=O)NCCSSCCOS(C)(=O)=O. The molecule has 0 fully saturated rings. The molecule has 114 valence electrons. The molecule has 0 spiro atoms. The van der Waals surface area contributed by atoms with E-state index in [1.807, 2.05) is 0 Å². The van der Waals surface area contributed by atoms with E-state index in [1.54, 1.807) is 20.8 Å². The summed E-state index contributed by atoms with van der Waals surface area (Å²) in [5, 5.41) is 2.63.